The molecule has 0 radical (unpaired) electrons. The van der Waals surface area contributed by atoms with E-state index in [1.807, 2.05) is 11.3 Å². The van der Waals surface area contributed by atoms with E-state index in [-0.39, 0.29) is 33.8 Å². The summed E-state index contributed by atoms with van der Waals surface area (Å²) in [5, 5.41) is 3.76. The highest BCUT2D eigenvalue weighted by Crippen LogP contribution is 2.53. The largest absolute Gasteiger partial charge is 0.311 e. The van der Waals surface area contributed by atoms with Crippen LogP contribution in [-0.2, 0) is 27.1 Å². The molecule has 4 heterocycles. The number of thiophene rings is 1. The van der Waals surface area contributed by atoms with E-state index in [1.54, 1.807) is 0 Å². The quantitative estimate of drug-likeness (QED) is 0.148. The van der Waals surface area contributed by atoms with Gasteiger partial charge in [-0.1, -0.05) is 231 Å². The van der Waals surface area contributed by atoms with Crippen molar-refractivity contribution >= 4 is 117 Å². The second-order valence-corrected chi connectivity index (χ2v) is 31.0. The van der Waals surface area contributed by atoms with Crippen LogP contribution in [0.3, 0.4) is 0 Å². The highest BCUT2D eigenvalue weighted by atomic mass is 32.1. The molecular formula is C82H81BN4S. The molecule has 0 unspecified atom stereocenters. The first-order chi connectivity index (χ1) is 41.8. The van der Waals surface area contributed by atoms with Crippen LogP contribution in [0.25, 0.3) is 48.7 Å². The summed E-state index contributed by atoms with van der Waals surface area (Å²) >= 11 is 1.97. The van der Waals surface area contributed by atoms with Crippen LogP contribution in [0.2, 0.25) is 0 Å². The lowest BCUT2D eigenvalue weighted by molar-refractivity contribution is 0.590. The predicted molar refractivity (Wildman–Crippen MR) is 384 cm³/mol. The Morgan fingerprint density at radius 1 is 0.364 bits per heavy atom. The summed E-state index contributed by atoms with van der Waals surface area (Å²) < 4.78 is 5.17. The van der Waals surface area contributed by atoms with Gasteiger partial charge in [-0.15, -0.1) is 11.3 Å². The summed E-state index contributed by atoms with van der Waals surface area (Å²) in [4.78, 5) is 7.82. The van der Waals surface area contributed by atoms with Crippen LogP contribution in [0, 0.1) is 0 Å². The molecule has 0 saturated carbocycles. The van der Waals surface area contributed by atoms with E-state index in [0.29, 0.717) is 0 Å². The topological polar surface area (TPSA) is 14.7 Å². The van der Waals surface area contributed by atoms with E-state index in [9.17, 15) is 0 Å². The lowest BCUT2D eigenvalue weighted by Gasteiger charge is -2.44. The molecule has 0 N–H and O–H groups in total. The molecule has 0 atom stereocenters. The van der Waals surface area contributed by atoms with Gasteiger partial charge in [0.25, 0.3) is 6.71 Å². The first-order valence-corrected chi connectivity index (χ1v) is 32.4. The summed E-state index contributed by atoms with van der Waals surface area (Å²) in [6, 6.07) is 84.3. The number of rotatable bonds is 7. The minimum absolute atomic E-state index is 0.0166. The maximum absolute atomic E-state index is 2.66. The summed E-state index contributed by atoms with van der Waals surface area (Å²) in [6.07, 6.45) is 0. The zero-order valence-electron chi connectivity index (χ0n) is 54.1. The molecule has 438 valence electrons. The van der Waals surface area contributed by atoms with Crippen molar-refractivity contribution in [3.8, 4) is 16.8 Å². The third kappa shape index (κ3) is 9.65. The van der Waals surface area contributed by atoms with Gasteiger partial charge in [0.05, 0.1) is 28.1 Å². The zero-order chi connectivity index (χ0) is 61.6. The molecule has 2 aliphatic rings. The van der Waals surface area contributed by atoms with E-state index in [2.05, 4.69) is 342 Å². The molecule has 10 aromatic carbocycles. The number of fused-ring (bicyclic) bond motifs is 9. The smallest absolute Gasteiger partial charge is 0.264 e. The molecule has 0 aliphatic carbocycles. The van der Waals surface area contributed by atoms with Crippen molar-refractivity contribution in [1.29, 1.82) is 0 Å². The summed E-state index contributed by atoms with van der Waals surface area (Å²) in [5.74, 6) is 0. The summed E-state index contributed by atoms with van der Waals surface area (Å²) in [6.45, 7) is 34.6. The minimum Gasteiger partial charge on any atom is -0.311 e. The highest BCUT2D eigenvalue weighted by Gasteiger charge is 2.47. The molecule has 6 heteroatoms. The average molecular weight is 1170 g/mol. The van der Waals surface area contributed by atoms with Crippen LogP contribution < -0.4 is 30.4 Å². The lowest BCUT2D eigenvalue weighted by atomic mass is 9.36. The zero-order valence-corrected chi connectivity index (χ0v) is 54.9. The van der Waals surface area contributed by atoms with Gasteiger partial charge in [-0.25, -0.2) is 0 Å². The predicted octanol–water partition coefficient (Wildman–Crippen LogP) is 21.7. The molecule has 88 heavy (non-hydrogen) atoms. The second-order valence-electron chi connectivity index (χ2n) is 30.0. The Balaban J connectivity index is 1.15. The molecule has 14 rings (SSSR count). The van der Waals surface area contributed by atoms with Gasteiger partial charge in [-0.05, 0) is 162 Å². The number of hydrogen-bond donors (Lipinski definition) is 0. The third-order valence-corrected chi connectivity index (χ3v) is 20.0. The van der Waals surface area contributed by atoms with Gasteiger partial charge in [0.1, 0.15) is 0 Å². The monoisotopic (exact) mass is 1160 g/mol. The van der Waals surface area contributed by atoms with Crippen LogP contribution >= 0.6 is 11.3 Å². The number of aromatic nitrogens is 1. The summed E-state index contributed by atoms with van der Waals surface area (Å²) in [7, 11) is 0. The number of hydrogen-bond acceptors (Lipinski definition) is 4. The van der Waals surface area contributed by atoms with E-state index < -0.39 is 0 Å². The Labute approximate surface area is 526 Å². The first kappa shape index (κ1) is 57.2. The number of benzene rings is 10. The third-order valence-electron chi connectivity index (χ3n) is 18.8. The van der Waals surface area contributed by atoms with Crippen molar-refractivity contribution in [2.75, 3.05) is 14.7 Å². The van der Waals surface area contributed by atoms with Gasteiger partial charge in [-0.2, -0.15) is 0 Å². The van der Waals surface area contributed by atoms with Crippen LogP contribution in [0.15, 0.2) is 218 Å². The normalized spacial score (nSPS) is 13.6. The Bertz CT molecular complexity index is 4560. The maximum Gasteiger partial charge on any atom is 0.264 e. The number of para-hydroxylation sites is 2. The van der Waals surface area contributed by atoms with Gasteiger partial charge in [0, 0.05) is 71.0 Å². The van der Waals surface area contributed by atoms with Gasteiger partial charge in [0.15, 0.2) is 0 Å². The second kappa shape index (κ2) is 20.5. The fourth-order valence-corrected chi connectivity index (χ4v) is 15.0. The number of nitrogens with zero attached hydrogens (tertiary/aromatic N) is 4. The number of anilines is 9. The van der Waals surface area contributed by atoms with Gasteiger partial charge in [0.2, 0.25) is 0 Å². The van der Waals surface area contributed by atoms with Crippen LogP contribution in [0.1, 0.15) is 132 Å². The Morgan fingerprint density at radius 3 is 1.28 bits per heavy atom. The van der Waals surface area contributed by atoms with Crippen molar-refractivity contribution in [3.63, 3.8) is 0 Å². The van der Waals surface area contributed by atoms with E-state index >= 15 is 0 Å². The van der Waals surface area contributed by atoms with Crippen LogP contribution in [0.5, 0.6) is 0 Å². The Hall–Kier alpha value is -8.58. The molecule has 2 aromatic heterocycles. The van der Waals surface area contributed by atoms with Crippen molar-refractivity contribution in [3.05, 3.63) is 246 Å². The minimum atomic E-state index is -0.144. The SMILES string of the molecule is CC(C)(C)c1ccc(N(c2ccc(C(C)(C)C)cc2)c2cc3c(cc2-c2ccccc2)B2c4sc5ccc(C(C)(C)C)cc5c4N(c4ccc(C(C)(C)C)cc4)c4cc(-n5c6ccccc6c6ccccc65)cc(c42)N3c2ccc(C(C)(C)C)cc2)cc1. The van der Waals surface area contributed by atoms with Gasteiger partial charge in [-0.3, -0.25) is 0 Å². The Morgan fingerprint density at radius 2 is 0.795 bits per heavy atom. The lowest BCUT2D eigenvalue weighted by Crippen LogP contribution is -2.60. The molecule has 4 nitrogen and oxygen atoms in total. The van der Waals surface area contributed by atoms with Crippen LogP contribution in [0.4, 0.5) is 51.2 Å². The van der Waals surface area contributed by atoms with Crippen molar-refractivity contribution in [1.82, 2.24) is 4.57 Å². The molecule has 0 amide bonds. The highest BCUT2D eigenvalue weighted by molar-refractivity contribution is 7.33. The van der Waals surface area contributed by atoms with Crippen molar-refractivity contribution < 1.29 is 0 Å². The molecule has 0 saturated heterocycles. The van der Waals surface area contributed by atoms with Gasteiger partial charge < -0.3 is 19.3 Å². The van der Waals surface area contributed by atoms with E-state index in [1.165, 1.54) is 104 Å². The fourth-order valence-electron chi connectivity index (χ4n) is 13.7. The molecule has 0 bridgehead atoms. The first-order valence-electron chi connectivity index (χ1n) is 31.6. The molecular weight excluding hydrogens is 1080 g/mol. The molecule has 12 aromatic rings. The molecule has 0 spiro atoms. The summed E-state index contributed by atoms with van der Waals surface area (Å²) in [5.41, 5.74) is 25.1. The molecule has 2 aliphatic heterocycles. The fraction of sp³-hybridized carbons (Fsp3) is 0.244. The van der Waals surface area contributed by atoms with Crippen molar-refractivity contribution in [2.24, 2.45) is 0 Å². The standard InChI is InChI=1S/C82H81BN4S/c1-78(2,3)53-29-38-58(39-30-53)84(59-40-31-54(32-41-59)79(4,5)6)70-51-71-67(50-65(70)52-23-17-16-18-24-52)83-75-72(85(71)60-42-33-55(34-43-60)80(7,8)9)48-62(86-68-27-21-19-25-63(68)64-26-20-22-28-69(64)86)49-73(75)87(61-44-35-56(36-45-61)81(10,11)12)76-66-47-57(82(13,14)15)37-46-74(66)88-77(76)83/h16-51H,1-15H3. The average Bonchev–Trinajstić information content (AvgIpc) is 1.14. The maximum atomic E-state index is 2.66. The van der Waals surface area contributed by atoms with E-state index in [4.69, 9.17) is 0 Å². The Kier molecular flexibility index (Phi) is 13.3. The van der Waals surface area contributed by atoms with Gasteiger partial charge >= 0.3 is 0 Å². The molecule has 0 fully saturated rings. The van der Waals surface area contributed by atoms with Crippen molar-refractivity contribution in [2.45, 2.75) is 131 Å². The van der Waals surface area contributed by atoms with E-state index in [0.717, 1.165) is 39.8 Å². The van der Waals surface area contributed by atoms with Crippen LogP contribution in [-0.4, -0.2) is 11.3 Å².